The molecule has 1 aliphatic heterocycles. The first-order chi connectivity index (χ1) is 14.0. The maximum Gasteiger partial charge on any atom is 0.272 e. The van der Waals surface area contributed by atoms with Crippen molar-refractivity contribution in [3.05, 3.63) is 42.2 Å². The third-order valence-electron chi connectivity index (χ3n) is 4.67. The van der Waals surface area contributed by atoms with Crippen LogP contribution >= 0.6 is 0 Å². The Morgan fingerprint density at radius 3 is 2.90 bits per heavy atom. The topological polar surface area (TPSA) is 63.5 Å². The SMILES string of the molecule is Fc1cc(F)c(-c2cnc3cc(OCC(F)F)ccn23)nc1NC1CCCNC1. The Balaban J connectivity index is 1.64. The van der Waals surface area contributed by atoms with E-state index < -0.39 is 24.7 Å². The summed E-state index contributed by atoms with van der Waals surface area (Å²) in [5.41, 5.74) is 0.609. The average Bonchev–Trinajstić information content (AvgIpc) is 3.12. The molecule has 0 radical (unpaired) electrons. The van der Waals surface area contributed by atoms with E-state index in [1.165, 1.54) is 28.9 Å². The summed E-state index contributed by atoms with van der Waals surface area (Å²) in [6.45, 7) is 0.849. The van der Waals surface area contributed by atoms with Crippen molar-refractivity contribution < 1.29 is 22.3 Å². The van der Waals surface area contributed by atoms with E-state index in [9.17, 15) is 17.6 Å². The number of piperidine rings is 1. The fraction of sp³-hybridized carbons (Fsp3) is 0.368. The number of anilines is 1. The Labute approximate surface area is 163 Å². The number of pyridine rings is 2. The highest BCUT2D eigenvalue weighted by Crippen LogP contribution is 2.27. The molecule has 1 unspecified atom stereocenters. The number of hydrogen-bond acceptors (Lipinski definition) is 5. The predicted molar refractivity (Wildman–Crippen MR) is 99.4 cm³/mol. The van der Waals surface area contributed by atoms with Gasteiger partial charge in [-0.15, -0.1) is 0 Å². The molecule has 1 fully saturated rings. The first-order valence-corrected chi connectivity index (χ1v) is 9.23. The molecule has 0 amide bonds. The van der Waals surface area contributed by atoms with Crippen LogP contribution in [0.4, 0.5) is 23.4 Å². The van der Waals surface area contributed by atoms with Crippen molar-refractivity contribution in [2.45, 2.75) is 25.3 Å². The van der Waals surface area contributed by atoms with Crippen molar-refractivity contribution >= 4 is 11.5 Å². The molecule has 4 rings (SSSR count). The van der Waals surface area contributed by atoms with Crippen molar-refractivity contribution in [3.63, 3.8) is 0 Å². The summed E-state index contributed by atoms with van der Waals surface area (Å²) in [5, 5.41) is 6.24. The van der Waals surface area contributed by atoms with Gasteiger partial charge < -0.3 is 15.4 Å². The van der Waals surface area contributed by atoms with Crippen LogP contribution in [-0.4, -0.2) is 46.5 Å². The van der Waals surface area contributed by atoms with Crippen LogP contribution in [0, 0.1) is 11.6 Å². The van der Waals surface area contributed by atoms with E-state index in [1.54, 1.807) is 0 Å². The normalized spacial score (nSPS) is 17.1. The number of nitrogens with zero attached hydrogens (tertiary/aromatic N) is 3. The van der Waals surface area contributed by atoms with Crippen LogP contribution in [0.25, 0.3) is 17.0 Å². The zero-order chi connectivity index (χ0) is 20.4. The van der Waals surface area contributed by atoms with Gasteiger partial charge in [0.2, 0.25) is 0 Å². The number of ether oxygens (including phenoxy) is 1. The molecular weight excluding hydrogens is 390 g/mol. The van der Waals surface area contributed by atoms with E-state index in [-0.39, 0.29) is 23.3 Å². The van der Waals surface area contributed by atoms with Crippen molar-refractivity contribution in [3.8, 4) is 17.1 Å². The second kappa shape index (κ2) is 8.24. The fourth-order valence-electron chi connectivity index (χ4n) is 3.30. The number of imidazole rings is 1. The summed E-state index contributed by atoms with van der Waals surface area (Å²) < 4.78 is 59.9. The molecule has 3 aromatic rings. The molecule has 0 bridgehead atoms. The highest BCUT2D eigenvalue weighted by atomic mass is 19.3. The van der Waals surface area contributed by atoms with Crippen molar-refractivity contribution in [1.82, 2.24) is 19.7 Å². The van der Waals surface area contributed by atoms with E-state index in [0.717, 1.165) is 25.5 Å². The maximum absolute atomic E-state index is 14.5. The second-order valence-electron chi connectivity index (χ2n) is 6.77. The Morgan fingerprint density at radius 1 is 1.28 bits per heavy atom. The van der Waals surface area contributed by atoms with Gasteiger partial charge in [-0.3, -0.25) is 4.40 Å². The van der Waals surface area contributed by atoms with Crippen LogP contribution in [0.3, 0.4) is 0 Å². The first kappa shape index (κ1) is 19.4. The number of halogens is 4. The quantitative estimate of drug-likeness (QED) is 0.611. The van der Waals surface area contributed by atoms with Gasteiger partial charge in [0.25, 0.3) is 6.43 Å². The molecule has 0 aromatic carbocycles. The van der Waals surface area contributed by atoms with Crippen LogP contribution in [-0.2, 0) is 0 Å². The largest absolute Gasteiger partial charge is 0.487 e. The fourth-order valence-corrected chi connectivity index (χ4v) is 3.30. The van der Waals surface area contributed by atoms with Gasteiger partial charge in [-0.2, -0.15) is 0 Å². The Morgan fingerprint density at radius 2 is 2.14 bits per heavy atom. The molecule has 6 nitrogen and oxygen atoms in total. The standard InChI is InChI=1S/C19H19F4N5O/c20-13-7-14(21)19(26-11-2-1-4-24-8-11)27-18(13)15-9-25-17-6-12(3-5-28(15)17)29-10-16(22)23/h3,5-7,9,11,16,24H,1-2,4,8,10H2,(H,26,27). The summed E-state index contributed by atoms with van der Waals surface area (Å²) in [6.07, 6.45) is 2.13. The Hall–Kier alpha value is -2.88. The highest BCUT2D eigenvalue weighted by Gasteiger charge is 2.20. The molecule has 0 aliphatic carbocycles. The Bertz CT molecular complexity index is 1000. The average molecular weight is 409 g/mol. The summed E-state index contributed by atoms with van der Waals surface area (Å²) in [4.78, 5) is 8.32. The third kappa shape index (κ3) is 4.26. The number of hydrogen-bond donors (Lipinski definition) is 2. The summed E-state index contributed by atoms with van der Waals surface area (Å²) in [7, 11) is 0. The first-order valence-electron chi connectivity index (χ1n) is 9.23. The zero-order valence-corrected chi connectivity index (χ0v) is 15.3. The third-order valence-corrected chi connectivity index (χ3v) is 4.67. The van der Waals surface area contributed by atoms with Gasteiger partial charge in [-0.05, 0) is 25.5 Å². The number of aromatic nitrogens is 3. The van der Waals surface area contributed by atoms with Gasteiger partial charge in [0.05, 0.1) is 11.9 Å². The van der Waals surface area contributed by atoms with E-state index in [2.05, 4.69) is 20.6 Å². The Kier molecular flexibility index (Phi) is 5.52. The number of alkyl halides is 2. The molecule has 3 aromatic heterocycles. The molecule has 1 aliphatic rings. The van der Waals surface area contributed by atoms with Crippen LogP contribution in [0.15, 0.2) is 30.6 Å². The monoisotopic (exact) mass is 409 g/mol. The van der Waals surface area contributed by atoms with E-state index >= 15 is 0 Å². The molecule has 0 spiro atoms. The lowest BCUT2D eigenvalue weighted by Crippen LogP contribution is -2.38. The van der Waals surface area contributed by atoms with Crippen LogP contribution < -0.4 is 15.4 Å². The smallest absolute Gasteiger partial charge is 0.272 e. The van der Waals surface area contributed by atoms with Crippen molar-refractivity contribution in [2.75, 3.05) is 25.0 Å². The number of nitrogens with one attached hydrogen (secondary N) is 2. The van der Waals surface area contributed by atoms with Gasteiger partial charge in [-0.25, -0.2) is 27.5 Å². The minimum absolute atomic E-state index is 0.000729. The van der Waals surface area contributed by atoms with Gasteiger partial charge in [0, 0.05) is 30.9 Å². The molecule has 0 saturated carbocycles. The summed E-state index contributed by atoms with van der Waals surface area (Å²) in [6, 6.07) is 3.72. The number of fused-ring (bicyclic) bond motifs is 1. The van der Waals surface area contributed by atoms with E-state index in [0.29, 0.717) is 17.9 Å². The van der Waals surface area contributed by atoms with E-state index in [4.69, 9.17) is 4.74 Å². The molecule has 29 heavy (non-hydrogen) atoms. The molecule has 154 valence electrons. The molecule has 2 N–H and O–H groups in total. The predicted octanol–water partition coefficient (Wildman–Crippen LogP) is 3.48. The van der Waals surface area contributed by atoms with Crippen molar-refractivity contribution in [2.24, 2.45) is 0 Å². The lowest BCUT2D eigenvalue weighted by Gasteiger charge is -2.24. The van der Waals surface area contributed by atoms with Crippen LogP contribution in [0.5, 0.6) is 5.75 Å². The molecule has 1 saturated heterocycles. The van der Waals surface area contributed by atoms with Gasteiger partial charge in [-0.1, -0.05) is 0 Å². The number of rotatable bonds is 6. The molecule has 10 heteroatoms. The minimum Gasteiger partial charge on any atom is -0.487 e. The minimum atomic E-state index is -2.59. The van der Waals surface area contributed by atoms with E-state index in [1.807, 2.05) is 0 Å². The second-order valence-corrected chi connectivity index (χ2v) is 6.77. The van der Waals surface area contributed by atoms with Crippen molar-refractivity contribution in [1.29, 1.82) is 0 Å². The van der Waals surface area contributed by atoms with Crippen LogP contribution in [0.2, 0.25) is 0 Å². The molecular formula is C19H19F4N5O. The summed E-state index contributed by atoms with van der Waals surface area (Å²) in [5.74, 6) is -1.40. The zero-order valence-electron chi connectivity index (χ0n) is 15.3. The summed E-state index contributed by atoms with van der Waals surface area (Å²) >= 11 is 0. The lowest BCUT2D eigenvalue weighted by atomic mass is 10.1. The molecule has 1 atom stereocenters. The lowest BCUT2D eigenvalue weighted by molar-refractivity contribution is 0.0819. The maximum atomic E-state index is 14.5. The highest BCUT2D eigenvalue weighted by molar-refractivity contribution is 5.63. The van der Waals surface area contributed by atoms with Gasteiger partial charge in [0.1, 0.15) is 23.7 Å². The molecule has 4 heterocycles. The van der Waals surface area contributed by atoms with Gasteiger partial charge >= 0.3 is 0 Å². The van der Waals surface area contributed by atoms with Crippen LogP contribution in [0.1, 0.15) is 12.8 Å². The van der Waals surface area contributed by atoms with Gasteiger partial charge in [0.15, 0.2) is 17.5 Å².